The van der Waals surface area contributed by atoms with Crippen LogP contribution in [0.15, 0.2) is 72.8 Å². The first-order valence-electron chi connectivity index (χ1n) is 7.17. The summed E-state index contributed by atoms with van der Waals surface area (Å²) in [5, 5.41) is 0. The third-order valence-corrected chi connectivity index (χ3v) is 4.14. The normalized spacial score (nSPS) is 24.0. The van der Waals surface area contributed by atoms with Crippen LogP contribution >= 0.6 is 0 Å². The summed E-state index contributed by atoms with van der Waals surface area (Å²) in [6, 6.07) is 20.5. The Morgan fingerprint density at radius 2 is 1.43 bits per heavy atom. The van der Waals surface area contributed by atoms with Crippen molar-refractivity contribution in [1.82, 2.24) is 0 Å². The maximum Gasteiger partial charge on any atom is 0.313 e. The van der Waals surface area contributed by atoms with Gasteiger partial charge in [-0.1, -0.05) is 72.8 Å². The Bertz CT molecular complexity index is 631. The zero-order valence-electron chi connectivity index (χ0n) is 12.0. The number of ether oxygens (including phenoxy) is 1. The summed E-state index contributed by atoms with van der Waals surface area (Å²) in [4.78, 5) is 12.1. The molecule has 0 radical (unpaired) electrons. The molecule has 3 atom stereocenters. The molecule has 21 heavy (non-hydrogen) atoms. The summed E-state index contributed by atoms with van der Waals surface area (Å²) in [6.45, 7) is 0. The highest BCUT2D eigenvalue weighted by atomic mass is 16.5. The smallest absolute Gasteiger partial charge is 0.313 e. The van der Waals surface area contributed by atoms with Crippen LogP contribution in [0.25, 0.3) is 0 Å². The van der Waals surface area contributed by atoms with Crippen molar-refractivity contribution in [1.29, 1.82) is 0 Å². The van der Waals surface area contributed by atoms with E-state index in [2.05, 4.69) is 30.3 Å². The fourth-order valence-electron chi connectivity index (χ4n) is 3.15. The van der Waals surface area contributed by atoms with Gasteiger partial charge in [-0.25, -0.2) is 0 Å². The number of allylic oxidation sites excluding steroid dienone is 1. The minimum atomic E-state index is -0.220. The fraction of sp³-hybridized carbons (Fsp3) is 0.211. The first-order valence-corrected chi connectivity index (χ1v) is 7.17. The molecule has 0 saturated heterocycles. The van der Waals surface area contributed by atoms with E-state index in [9.17, 15) is 4.79 Å². The molecule has 2 nitrogen and oxygen atoms in total. The molecule has 106 valence electrons. The number of methoxy groups -OCH3 is 1. The van der Waals surface area contributed by atoms with Crippen LogP contribution in [-0.4, -0.2) is 13.1 Å². The number of rotatable bonds is 3. The van der Waals surface area contributed by atoms with Gasteiger partial charge in [0.1, 0.15) is 0 Å². The second kappa shape index (κ2) is 5.96. The van der Waals surface area contributed by atoms with Gasteiger partial charge in [-0.3, -0.25) is 4.79 Å². The molecule has 1 aliphatic carbocycles. The molecule has 1 aliphatic rings. The molecule has 0 N–H and O–H groups in total. The molecule has 2 aromatic carbocycles. The maximum absolute atomic E-state index is 12.1. The number of hydrogen-bond acceptors (Lipinski definition) is 2. The van der Waals surface area contributed by atoms with Crippen molar-refractivity contribution >= 4 is 5.97 Å². The lowest BCUT2D eigenvalue weighted by Gasteiger charge is -2.24. The predicted octanol–water partition coefficient (Wildman–Crippen LogP) is 3.91. The van der Waals surface area contributed by atoms with Crippen LogP contribution in [0.3, 0.4) is 0 Å². The Balaban J connectivity index is 2.01. The van der Waals surface area contributed by atoms with Crippen molar-refractivity contribution in [2.75, 3.05) is 7.11 Å². The Morgan fingerprint density at radius 1 is 0.857 bits per heavy atom. The Hall–Kier alpha value is -2.35. The average molecular weight is 278 g/mol. The van der Waals surface area contributed by atoms with E-state index in [1.54, 1.807) is 0 Å². The summed E-state index contributed by atoms with van der Waals surface area (Å²) in [6.07, 6.45) is 4.12. The van der Waals surface area contributed by atoms with Gasteiger partial charge < -0.3 is 4.74 Å². The van der Waals surface area contributed by atoms with Crippen LogP contribution < -0.4 is 0 Å². The van der Waals surface area contributed by atoms with Gasteiger partial charge in [0.25, 0.3) is 0 Å². The van der Waals surface area contributed by atoms with Crippen LogP contribution in [-0.2, 0) is 9.53 Å². The fourth-order valence-corrected chi connectivity index (χ4v) is 3.15. The van der Waals surface area contributed by atoms with Crippen molar-refractivity contribution in [2.24, 2.45) is 5.92 Å². The van der Waals surface area contributed by atoms with Crippen molar-refractivity contribution in [2.45, 2.75) is 11.8 Å². The molecule has 3 rings (SSSR count). The van der Waals surface area contributed by atoms with Gasteiger partial charge in [-0.15, -0.1) is 0 Å². The molecule has 0 unspecified atom stereocenters. The molecule has 0 spiro atoms. The van der Waals surface area contributed by atoms with Crippen LogP contribution in [0.5, 0.6) is 0 Å². The first kappa shape index (κ1) is 13.6. The summed E-state index contributed by atoms with van der Waals surface area (Å²) >= 11 is 0. The largest absolute Gasteiger partial charge is 0.469 e. The minimum absolute atomic E-state index is 0.0982. The van der Waals surface area contributed by atoms with Gasteiger partial charge in [0.05, 0.1) is 13.0 Å². The lowest BCUT2D eigenvalue weighted by molar-refractivity contribution is -0.144. The van der Waals surface area contributed by atoms with Gasteiger partial charge in [0, 0.05) is 11.8 Å². The van der Waals surface area contributed by atoms with Gasteiger partial charge >= 0.3 is 5.97 Å². The standard InChI is InChI=1S/C19H18O2/c1-21-19(20)17-13-12-16(14-8-4-2-5-9-14)18(17)15-10-6-3-7-11-15/h2-13,16-18H,1H3/t16-,17-,18+/m1/s1. The monoisotopic (exact) mass is 278 g/mol. The highest BCUT2D eigenvalue weighted by molar-refractivity contribution is 5.77. The highest BCUT2D eigenvalue weighted by Crippen LogP contribution is 2.45. The molecular formula is C19H18O2. The quantitative estimate of drug-likeness (QED) is 0.628. The second-order valence-electron chi connectivity index (χ2n) is 5.31. The van der Waals surface area contributed by atoms with E-state index in [0.29, 0.717) is 0 Å². The molecule has 0 bridgehead atoms. The number of benzene rings is 2. The summed E-state index contributed by atoms with van der Waals surface area (Å²) in [7, 11) is 1.45. The van der Waals surface area contributed by atoms with Crippen molar-refractivity contribution in [3.05, 3.63) is 83.9 Å². The van der Waals surface area contributed by atoms with Gasteiger partial charge in [0.2, 0.25) is 0 Å². The van der Waals surface area contributed by atoms with Crippen molar-refractivity contribution < 1.29 is 9.53 Å². The number of carbonyl (C=O) groups is 1. The van der Waals surface area contributed by atoms with E-state index in [4.69, 9.17) is 4.74 Å². The average Bonchev–Trinajstić information content (AvgIpc) is 3.00. The first-order chi connectivity index (χ1) is 10.3. The molecule has 0 heterocycles. The second-order valence-corrected chi connectivity index (χ2v) is 5.31. The predicted molar refractivity (Wildman–Crippen MR) is 83.0 cm³/mol. The Labute approximate surface area is 125 Å². The maximum atomic E-state index is 12.1. The van der Waals surface area contributed by atoms with E-state index in [0.717, 1.165) is 0 Å². The van der Waals surface area contributed by atoms with E-state index in [-0.39, 0.29) is 23.7 Å². The van der Waals surface area contributed by atoms with E-state index in [1.165, 1.54) is 18.2 Å². The van der Waals surface area contributed by atoms with Crippen molar-refractivity contribution in [3.63, 3.8) is 0 Å². The third-order valence-electron chi connectivity index (χ3n) is 4.14. The van der Waals surface area contributed by atoms with Gasteiger partial charge in [-0.2, -0.15) is 0 Å². The van der Waals surface area contributed by atoms with E-state index in [1.807, 2.05) is 42.5 Å². The van der Waals surface area contributed by atoms with E-state index < -0.39 is 0 Å². The van der Waals surface area contributed by atoms with Gasteiger partial charge in [-0.05, 0) is 11.1 Å². The van der Waals surface area contributed by atoms with Crippen LogP contribution in [0.2, 0.25) is 0 Å². The molecule has 2 aromatic rings. The zero-order chi connectivity index (χ0) is 14.7. The van der Waals surface area contributed by atoms with Crippen LogP contribution in [0.1, 0.15) is 23.0 Å². The van der Waals surface area contributed by atoms with Gasteiger partial charge in [0.15, 0.2) is 0 Å². The van der Waals surface area contributed by atoms with Crippen LogP contribution in [0, 0.1) is 5.92 Å². The molecule has 0 saturated carbocycles. The molecule has 0 aromatic heterocycles. The topological polar surface area (TPSA) is 26.3 Å². The minimum Gasteiger partial charge on any atom is -0.469 e. The molecule has 0 amide bonds. The summed E-state index contributed by atoms with van der Waals surface area (Å²) in [5.74, 6) is -0.0834. The molecular weight excluding hydrogens is 260 g/mol. The number of hydrogen-bond donors (Lipinski definition) is 0. The third kappa shape index (κ3) is 2.62. The lowest BCUT2D eigenvalue weighted by atomic mass is 9.79. The lowest BCUT2D eigenvalue weighted by Crippen LogP contribution is -2.22. The highest BCUT2D eigenvalue weighted by Gasteiger charge is 2.38. The van der Waals surface area contributed by atoms with Crippen molar-refractivity contribution in [3.8, 4) is 0 Å². The SMILES string of the molecule is COC(=O)[C@@H]1C=C[C@H](c2ccccc2)[C@@H]1c1ccccc1. The van der Waals surface area contributed by atoms with E-state index >= 15 is 0 Å². The number of esters is 1. The molecule has 2 heteroatoms. The number of carbonyl (C=O) groups excluding carboxylic acids is 1. The zero-order valence-corrected chi connectivity index (χ0v) is 12.0. The summed E-state index contributed by atoms with van der Waals surface area (Å²) in [5.41, 5.74) is 2.40. The Kier molecular flexibility index (Phi) is 3.87. The summed E-state index contributed by atoms with van der Waals surface area (Å²) < 4.78 is 4.98. The molecule has 0 aliphatic heterocycles. The van der Waals surface area contributed by atoms with Crippen LogP contribution in [0.4, 0.5) is 0 Å². The Morgan fingerprint density at radius 3 is 2.00 bits per heavy atom. The molecule has 0 fully saturated rings.